The van der Waals surface area contributed by atoms with E-state index in [0.29, 0.717) is 6.42 Å². The van der Waals surface area contributed by atoms with E-state index in [1.165, 1.54) is 6.08 Å². The average molecular weight is 112 g/mol. The van der Waals surface area contributed by atoms with Gasteiger partial charge in [-0.3, -0.25) is 0 Å². The molecule has 0 amide bonds. The number of hydrogen-bond donors (Lipinski definition) is 2. The lowest BCUT2D eigenvalue weighted by Gasteiger charge is -2.02. The van der Waals surface area contributed by atoms with Gasteiger partial charge in [0.2, 0.25) is 0 Å². The Balaban J connectivity index is 2.76. The fourth-order valence-electron chi connectivity index (χ4n) is 0.639. The second-order valence-electron chi connectivity index (χ2n) is 1.77. The maximum Gasteiger partial charge on any atom is 0.152 e. The predicted molar refractivity (Wildman–Crippen MR) is 30.7 cm³/mol. The number of aliphatic hydroxyl groups excluding tert-OH is 2. The molecule has 0 heterocycles. The Morgan fingerprint density at radius 2 is 2.12 bits per heavy atom. The summed E-state index contributed by atoms with van der Waals surface area (Å²) in [6.45, 7) is 0. The van der Waals surface area contributed by atoms with Gasteiger partial charge in [-0.15, -0.1) is 0 Å². The zero-order valence-electron chi connectivity index (χ0n) is 4.46. The Labute approximate surface area is 47.8 Å². The van der Waals surface area contributed by atoms with Crippen LogP contribution in [0.4, 0.5) is 0 Å². The third kappa shape index (κ3) is 0.832. The summed E-state index contributed by atoms with van der Waals surface area (Å²) in [4.78, 5) is 0. The molecule has 44 valence electrons. The minimum absolute atomic E-state index is 0.0104. The van der Waals surface area contributed by atoms with Crippen molar-refractivity contribution in [2.75, 3.05) is 0 Å². The van der Waals surface area contributed by atoms with E-state index in [4.69, 9.17) is 10.2 Å². The molecule has 1 aliphatic carbocycles. The summed E-state index contributed by atoms with van der Waals surface area (Å²) >= 11 is 0. The molecule has 0 unspecified atom stereocenters. The van der Waals surface area contributed by atoms with Crippen LogP contribution in [-0.4, -0.2) is 10.2 Å². The Morgan fingerprint density at radius 3 is 2.50 bits per heavy atom. The van der Waals surface area contributed by atoms with Crippen molar-refractivity contribution in [2.24, 2.45) is 0 Å². The van der Waals surface area contributed by atoms with E-state index >= 15 is 0 Å². The SMILES string of the molecule is OC1=C(O)CCC=C1. The summed E-state index contributed by atoms with van der Waals surface area (Å²) in [5.41, 5.74) is 0. The molecule has 0 aliphatic heterocycles. The first-order chi connectivity index (χ1) is 3.80. The van der Waals surface area contributed by atoms with Gasteiger partial charge in [0.1, 0.15) is 5.76 Å². The van der Waals surface area contributed by atoms with Crippen molar-refractivity contribution in [1.82, 2.24) is 0 Å². The Morgan fingerprint density at radius 1 is 1.38 bits per heavy atom. The normalized spacial score (nSPS) is 19.5. The van der Waals surface area contributed by atoms with Crippen LogP contribution >= 0.6 is 0 Å². The van der Waals surface area contributed by atoms with Gasteiger partial charge in [-0.2, -0.15) is 0 Å². The fraction of sp³-hybridized carbons (Fsp3) is 0.333. The van der Waals surface area contributed by atoms with E-state index in [1.807, 2.05) is 6.08 Å². The van der Waals surface area contributed by atoms with Crippen LogP contribution in [0.5, 0.6) is 0 Å². The van der Waals surface area contributed by atoms with Crippen LogP contribution in [0.1, 0.15) is 12.8 Å². The molecule has 2 nitrogen and oxygen atoms in total. The van der Waals surface area contributed by atoms with Crippen LogP contribution in [0.3, 0.4) is 0 Å². The molecule has 0 spiro atoms. The zero-order valence-corrected chi connectivity index (χ0v) is 4.46. The summed E-state index contributed by atoms with van der Waals surface area (Å²) in [5.74, 6) is 0.115. The van der Waals surface area contributed by atoms with Gasteiger partial charge >= 0.3 is 0 Å². The van der Waals surface area contributed by atoms with Gasteiger partial charge < -0.3 is 10.2 Å². The average Bonchev–Trinajstić information content (AvgIpc) is 1.77. The number of aliphatic hydroxyl groups is 2. The quantitative estimate of drug-likeness (QED) is 0.500. The van der Waals surface area contributed by atoms with Gasteiger partial charge in [0, 0.05) is 6.42 Å². The summed E-state index contributed by atoms with van der Waals surface area (Å²) in [6.07, 6.45) is 4.74. The first-order valence-electron chi connectivity index (χ1n) is 2.58. The van der Waals surface area contributed by atoms with Crippen molar-refractivity contribution in [3.8, 4) is 0 Å². The standard InChI is InChI=1S/C6H8O2/c7-5-3-1-2-4-6(5)8/h1,3,7-8H,2,4H2. The lowest BCUT2D eigenvalue weighted by molar-refractivity contribution is 0.319. The van der Waals surface area contributed by atoms with Crippen LogP contribution < -0.4 is 0 Å². The Bertz CT molecular complexity index is 145. The topological polar surface area (TPSA) is 40.5 Å². The first kappa shape index (κ1) is 5.22. The number of hydrogen-bond acceptors (Lipinski definition) is 2. The maximum absolute atomic E-state index is 8.76. The van der Waals surface area contributed by atoms with Gasteiger partial charge in [-0.05, 0) is 12.5 Å². The summed E-state index contributed by atoms with van der Waals surface area (Å²) in [6, 6.07) is 0. The molecule has 0 aromatic heterocycles. The van der Waals surface area contributed by atoms with E-state index in [0.717, 1.165) is 6.42 Å². The summed E-state index contributed by atoms with van der Waals surface area (Å²) < 4.78 is 0. The summed E-state index contributed by atoms with van der Waals surface area (Å²) in [5, 5.41) is 17.5. The van der Waals surface area contributed by atoms with Crippen LogP contribution in [0.2, 0.25) is 0 Å². The second kappa shape index (κ2) is 1.90. The monoisotopic (exact) mass is 112 g/mol. The van der Waals surface area contributed by atoms with E-state index in [2.05, 4.69) is 0 Å². The largest absolute Gasteiger partial charge is 0.508 e. The lowest BCUT2D eigenvalue weighted by Crippen LogP contribution is -1.91. The van der Waals surface area contributed by atoms with E-state index < -0.39 is 0 Å². The minimum atomic E-state index is 0.0104. The molecule has 1 aliphatic rings. The van der Waals surface area contributed by atoms with Crippen molar-refractivity contribution in [3.05, 3.63) is 23.7 Å². The Hall–Kier alpha value is -0.920. The third-order valence-electron chi connectivity index (χ3n) is 1.12. The predicted octanol–water partition coefficient (Wildman–Crippen LogP) is 1.66. The molecule has 0 radical (unpaired) electrons. The molecule has 0 saturated carbocycles. The molecule has 0 aromatic carbocycles. The highest BCUT2D eigenvalue weighted by Crippen LogP contribution is 2.12. The van der Waals surface area contributed by atoms with Gasteiger partial charge in [-0.1, -0.05) is 6.08 Å². The molecule has 0 bridgehead atoms. The number of allylic oxidation sites excluding steroid dienone is 3. The lowest BCUT2D eigenvalue weighted by atomic mass is 10.1. The molecule has 2 heteroatoms. The van der Waals surface area contributed by atoms with E-state index in [9.17, 15) is 0 Å². The van der Waals surface area contributed by atoms with Crippen molar-refractivity contribution < 1.29 is 10.2 Å². The fourth-order valence-corrected chi connectivity index (χ4v) is 0.639. The van der Waals surface area contributed by atoms with Crippen molar-refractivity contribution in [3.63, 3.8) is 0 Å². The zero-order chi connectivity index (χ0) is 5.98. The molecule has 0 saturated heterocycles. The molecule has 1 rings (SSSR count). The van der Waals surface area contributed by atoms with Gasteiger partial charge in [0.25, 0.3) is 0 Å². The molecular formula is C6H8O2. The highest BCUT2D eigenvalue weighted by atomic mass is 16.3. The van der Waals surface area contributed by atoms with Crippen LogP contribution in [-0.2, 0) is 0 Å². The number of rotatable bonds is 0. The second-order valence-corrected chi connectivity index (χ2v) is 1.77. The molecular weight excluding hydrogens is 104 g/mol. The Kier molecular flexibility index (Phi) is 1.24. The van der Waals surface area contributed by atoms with Crippen molar-refractivity contribution >= 4 is 0 Å². The first-order valence-corrected chi connectivity index (χ1v) is 2.58. The molecule has 2 N–H and O–H groups in total. The highest BCUT2D eigenvalue weighted by Gasteiger charge is 2.02. The van der Waals surface area contributed by atoms with Crippen LogP contribution in [0, 0.1) is 0 Å². The van der Waals surface area contributed by atoms with E-state index in [1.54, 1.807) is 0 Å². The molecule has 0 aromatic rings. The summed E-state index contributed by atoms with van der Waals surface area (Å²) in [7, 11) is 0. The van der Waals surface area contributed by atoms with Crippen molar-refractivity contribution in [1.29, 1.82) is 0 Å². The smallest absolute Gasteiger partial charge is 0.152 e. The third-order valence-corrected chi connectivity index (χ3v) is 1.12. The van der Waals surface area contributed by atoms with E-state index in [-0.39, 0.29) is 11.5 Å². The minimum Gasteiger partial charge on any atom is -0.508 e. The van der Waals surface area contributed by atoms with Crippen molar-refractivity contribution in [2.45, 2.75) is 12.8 Å². The maximum atomic E-state index is 8.76. The molecule has 0 atom stereocenters. The van der Waals surface area contributed by atoms with Gasteiger partial charge in [-0.25, -0.2) is 0 Å². The van der Waals surface area contributed by atoms with Crippen LogP contribution in [0.25, 0.3) is 0 Å². The van der Waals surface area contributed by atoms with Gasteiger partial charge in [0.15, 0.2) is 5.76 Å². The highest BCUT2D eigenvalue weighted by molar-refractivity contribution is 5.18. The van der Waals surface area contributed by atoms with Gasteiger partial charge in [0.05, 0.1) is 0 Å². The molecule has 0 fully saturated rings. The van der Waals surface area contributed by atoms with Crippen LogP contribution in [0.15, 0.2) is 23.7 Å². The molecule has 8 heavy (non-hydrogen) atoms.